The Hall–Kier alpha value is -1.53. The Labute approximate surface area is 76.8 Å². The zero-order chi connectivity index (χ0) is 10.9. The van der Waals surface area contributed by atoms with Gasteiger partial charge in [0.05, 0.1) is 5.56 Å². The fraction of sp³-hybridized carbons (Fsp3) is 0. The van der Waals surface area contributed by atoms with Gasteiger partial charge in [-0.3, -0.25) is 4.79 Å². The molecule has 1 aromatic carbocycles. The molecule has 0 saturated heterocycles. The molecule has 14 heavy (non-hydrogen) atoms. The van der Waals surface area contributed by atoms with Gasteiger partial charge in [-0.05, 0) is 6.07 Å². The van der Waals surface area contributed by atoms with E-state index in [1.807, 2.05) is 0 Å². The third-order valence-corrected chi connectivity index (χ3v) is 1.63. The van der Waals surface area contributed by atoms with Crippen molar-refractivity contribution in [1.29, 1.82) is 0 Å². The highest BCUT2D eigenvalue weighted by Crippen LogP contribution is 2.12. The van der Waals surface area contributed by atoms with Crippen LogP contribution in [0.4, 0.5) is 17.3 Å². The van der Waals surface area contributed by atoms with Crippen molar-refractivity contribution in [1.82, 2.24) is 0 Å². The highest BCUT2D eigenvalue weighted by atomic mass is 19.4. The molecule has 0 aliphatic rings. The molecule has 0 aliphatic heterocycles. The molecule has 0 atom stereocenters. The lowest BCUT2D eigenvalue weighted by atomic mass is 9.79. The lowest BCUT2D eigenvalue weighted by Gasteiger charge is -2.15. The average molecular weight is 206 g/mol. The van der Waals surface area contributed by atoms with E-state index >= 15 is 0 Å². The molecule has 2 nitrogen and oxygen atoms in total. The lowest BCUT2D eigenvalue weighted by molar-refractivity contribution is 0.0996. The molecule has 0 fully saturated rings. The van der Waals surface area contributed by atoms with Crippen LogP contribution in [0.3, 0.4) is 0 Å². The molecule has 1 aromatic rings. The molecule has 0 bridgehead atoms. The summed E-state index contributed by atoms with van der Waals surface area (Å²) in [5.41, 5.74) is 2.90. The van der Waals surface area contributed by atoms with Gasteiger partial charge in [0, 0.05) is 0 Å². The second-order valence-electron chi connectivity index (χ2n) is 2.68. The van der Waals surface area contributed by atoms with E-state index in [1.54, 1.807) is 0 Å². The topological polar surface area (TPSA) is 43.1 Å². The molecular formula is C7H5BF4NO-. The van der Waals surface area contributed by atoms with Crippen molar-refractivity contribution in [3.63, 3.8) is 0 Å². The van der Waals surface area contributed by atoms with Crippen LogP contribution in [0.2, 0.25) is 0 Å². The number of carbonyl (C=O) groups is 1. The summed E-state index contributed by atoms with van der Waals surface area (Å²) < 4.78 is 49.2. The summed E-state index contributed by atoms with van der Waals surface area (Å²) in [5, 5.41) is 0. The zero-order valence-electron chi connectivity index (χ0n) is 6.81. The van der Waals surface area contributed by atoms with Gasteiger partial charge in [0.25, 0.3) is 5.91 Å². The van der Waals surface area contributed by atoms with E-state index in [1.165, 1.54) is 0 Å². The lowest BCUT2D eigenvalue weighted by Crippen LogP contribution is -2.35. The van der Waals surface area contributed by atoms with Crippen molar-refractivity contribution >= 4 is 18.3 Å². The summed E-state index contributed by atoms with van der Waals surface area (Å²) >= 11 is 0. The summed E-state index contributed by atoms with van der Waals surface area (Å²) in [6.45, 7) is -5.24. The zero-order valence-corrected chi connectivity index (χ0v) is 6.81. The van der Waals surface area contributed by atoms with E-state index in [9.17, 15) is 22.1 Å². The SMILES string of the molecule is NC(=O)c1cc([B-](F)(F)F)ccc1F. The van der Waals surface area contributed by atoms with Crippen LogP contribution >= 0.6 is 0 Å². The van der Waals surface area contributed by atoms with Crippen LogP contribution in [0.15, 0.2) is 18.2 Å². The molecule has 0 unspecified atom stereocenters. The minimum Gasteiger partial charge on any atom is -0.445 e. The molecule has 0 aliphatic carbocycles. The monoisotopic (exact) mass is 206 g/mol. The first-order chi connectivity index (χ1) is 6.32. The maximum atomic E-state index is 12.7. The van der Waals surface area contributed by atoms with E-state index in [0.29, 0.717) is 18.2 Å². The molecule has 0 saturated carbocycles. The van der Waals surface area contributed by atoms with Crippen LogP contribution in [-0.2, 0) is 0 Å². The standard InChI is InChI=1S/C7H5BF4NO/c9-6-2-1-4(8(10,11)12)3-5(6)7(13)14/h1-3H,(H2,13,14)/q-1. The predicted octanol–water partition coefficient (Wildman–Crippen LogP) is 0.979. The molecule has 0 radical (unpaired) electrons. The molecule has 0 aromatic heterocycles. The van der Waals surface area contributed by atoms with Crippen molar-refractivity contribution < 1.29 is 22.1 Å². The van der Waals surface area contributed by atoms with E-state index in [4.69, 9.17) is 0 Å². The average Bonchev–Trinajstić information content (AvgIpc) is 2.02. The maximum Gasteiger partial charge on any atom is 0.509 e. The minimum absolute atomic E-state index is 0.414. The first-order valence-electron chi connectivity index (χ1n) is 3.61. The first kappa shape index (κ1) is 10.6. The van der Waals surface area contributed by atoms with Gasteiger partial charge in [-0.15, -0.1) is 5.46 Å². The summed E-state index contributed by atoms with van der Waals surface area (Å²) in [6.07, 6.45) is 0. The van der Waals surface area contributed by atoms with Gasteiger partial charge >= 0.3 is 6.98 Å². The van der Waals surface area contributed by atoms with Crippen molar-refractivity contribution in [2.75, 3.05) is 0 Å². The number of halogens is 4. The normalized spacial score (nSPS) is 11.4. The van der Waals surface area contributed by atoms with E-state index < -0.39 is 29.7 Å². The fourth-order valence-corrected chi connectivity index (χ4v) is 0.935. The van der Waals surface area contributed by atoms with Crippen LogP contribution in [0.25, 0.3) is 0 Å². The Morgan fingerprint density at radius 3 is 2.29 bits per heavy atom. The Morgan fingerprint density at radius 2 is 1.86 bits per heavy atom. The van der Waals surface area contributed by atoms with E-state index in [0.717, 1.165) is 0 Å². The number of carbonyl (C=O) groups excluding carboxylic acids is 1. The number of benzene rings is 1. The molecule has 0 heterocycles. The molecule has 0 spiro atoms. The summed E-state index contributed by atoms with van der Waals surface area (Å²) in [7, 11) is 0. The third-order valence-electron chi connectivity index (χ3n) is 1.63. The van der Waals surface area contributed by atoms with Crippen molar-refractivity contribution in [3.05, 3.63) is 29.6 Å². The summed E-state index contributed by atoms with van der Waals surface area (Å²) in [5.74, 6) is -2.27. The van der Waals surface area contributed by atoms with Gasteiger partial charge in [0.2, 0.25) is 0 Å². The largest absolute Gasteiger partial charge is 0.509 e. The number of hydrogen-bond acceptors (Lipinski definition) is 1. The van der Waals surface area contributed by atoms with Crippen LogP contribution in [0, 0.1) is 5.82 Å². The fourth-order valence-electron chi connectivity index (χ4n) is 0.935. The first-order valence-corrected chi connectivity index (χ1v) is 3.61. The van der Waals surface area contributed by atoms with Gasteiger partial charge in [0.1, 0.15) is 5.82 Å². The second-order valence-corrected chi connectivity index (χ2v) is 2.68. The van der Waals surface area contributed by atoms with Gasteiger partial charge in [-0.2, -0.15) is 0 Å². The molecule has 7 heteroatoms. The Morgan fingerprint density at radius 1 is 1.29 bits per heavy atom. The summed E-state index contributed by atoms with van der Waals surface area (Å²) in [6, 6.07) is 1.56. The van der Waals surface area contributed by atoms with Crippen molar-refractivity contribution in [2.45, 2.75) is 0 Å². The summed E-state index contributed by atoms with van der Waals surface area (Å²) in [4.78, 5) is 10.5. The Kier molecular flexibility index (Phi) is 2.50. The molecular weight excluding hydrogens is 201 g/mol. The second kappa shape index (κ2) is 3.32. The highest BCUT2D eigenvalue weighted by Gasteiger charge is 2.26. The van der Waals surface area contributed by atoms with E-state index in [-0.39, 0.29) is 0 Å². The molecule has 76 valence electrons. The highest BCUT2D eigenvalue weighted by molar-refractivity contribution is 6.73. The number of amides is 1. The molecule has 1 amide bonds. The van der Waals surface area contributed by atoms with Crippen molar-refractivity contribution in [2.24, 2.45) is 5.73 Å². The number of rotatable bonds is 2. The maximum absolute atomic E-state index is 12.7. The number of primary amides is 1. The third kappa shape index (κ3) is 2.04. The smallest absolute Gasteiger partial charge is 0.445 e. The Balaban J connectivity index is 3.27. The molecule has 1 rings (SSSR count). The Bertz CT molecular complexity index is 376. The van der Waals surface area contributed by atoms with Gasteiger partial charge < -0.3 is 18.7 Å². The van der Waals surface area contributed by atoms with Crippen LogP contribution < -0.4 is 11.2 Å². The quantitative estimate of drug-likeness (QED) is 0.568. The van der Waals surface area contributed by atoms with Gasteiger partial charge in [-0.25, -0.2) is 4.39 Å². The number of nitrogens with two attached hydrogens (primary N) is 1. The van der Waals surface area contributed by atoms with Gasteiger partial charge in [0.15, 0.2) is 0 Å². The predicted molar refractivity (Wildman–Crippen MR) is 43.6 cm³/mol. The van der Waals surface area contributed by atoms with Crippen LogP contribution in [-0.4, -0.2) is 12.9 Å². The van der Waals surface area contributed by atoms with Crippen LogP contribution in [0.1, 0.15) is 10.4 Å². The molecule has 2 N–H and O–H groups in total. The van der Waals surface area contributed by atoms with Crippen LogP contribution in [0.5, 0.6) is 0 Å². The van der Waals surface area contributed by atoms with Crippen molar-refractivity contribution in [3.8, 4) is 0 Å². The minimum atomic E-state index is -5.24. The van der Waals surface area contributed by atoms with E-state index in [2.05, 4.69) is 5.73 Å². The van der Waals surface area contributed by atoms with Gasteiger partial charge in [-0.1, -0.05) is 12.1 Å². The number of hydrogen-bond donors (Lipinski definition) is 1.